The number of hydrogen-bond donors (Lipinski definition) is 3. The molecule has 4 N–H and O–H groups in total. The summed E-state index contributed by atoms with van der Waals surface area (Å²) >= 11 is 0. The average Bonchev–Trinajstić information content (AvgIpc) is 3.19. The number of rotatable bonds is 38. The van der Waals surface area contributed by atoms with Gasteiger partial charge in [0, 0.05) is 13.0 Å². The Morgan fingerprint density at radius 2 is 0.965 bits per heavy atom. The SMILES string of the molecule is CC/C=C\C/C=C\C/C=C\C/C=C\C/C=C\CCCCCCCC(=O)OC(COCCC/C=C\C/C=C\C/C=C\C/C=C\CC)COP(=O)(O)OCC(N)C(=O)O. The highest BCUT2D eigenvalue weighted by Crippen LogP contribution is 2.43. The fourth-order valence-corrected chi connectivity index (χ4v) is 5.65. The van der Waals surface area contributed by atoms with Gasteiger partial charge >= 0.3 is 19.8 Å². The highest BCUT2D eigenvalue weighted by molar-refractivity contribution is 7.47. The summed E-state index contributed by atoms with van der Waals surface area (Å²) in [6, 6.07) is -1.49. The quantitative estimate of drug-likeness (QED) is 0.0237. The van der Waals surface area contributed by atoms with Gasteiger partial charge in [0.1, 0.15) is 12.1 Å². The van der Waals surface area contributed by atoms with Crippen LogP contribution in [-0.4, -0.2) is 60.5 Å². The Morgan fingerprint density at radius 3 is 1.44 bits per heavy atom. The summed E-state index contributed by atoms with van der Waals surface area (Å²) in [5.74, 6) is -1.84. The number of ether oxygens (including phenoxy) is 2. The van der Waals surface area contributed by atoms with Gasteiger partial charge < -0.3 is 25.2 Å². The predicted molar refractivity (Wildman–Crippen MR) is 235 cm³/mol. The number of carbonyl (C=O) groups excluding carboxylic acids is 1. The summed E-state index contributed by atoms with van der Waals surface area (Å²) < 4.78 is 33.2. The van der Waals surface area contributed by atoms with Gasteiger partial charge in [-0.25, -0.2) is 4.57 Å². The number of hydrogen-bond acceptors (Lipinski definition) is 8. The molecule has 0 saturated heterocycles. The van der Waals surface area contributed by atoms with E-state index in [2.05, 4.69) is 123 Å². The van der Waals surface area contributed by atoms with Crippen molar-refractivity contribution in [2.45, 2.75) is 142 Å². The number of allylic oxidation sites excluding steroid dienone is 18. The highest BCUT2D eigenvalue weighted by atomic mass is 31.2. The van der Waals surface area contributed by atoms with Crippen LogP contribution in [0.1, 0.15) is 129 Å². The van der Waals surface area contributed by atoms with E-state index < -0.39 is 45.1 Å². The monoisotopic (exact) mass is 816 g/mol. The van der Waals surface area contributed by atoms with E-state index in [9.17, 15) is 19.0 Å². The molecule has 322 valence electrons. The Balaban J connectivity index is 4.39. The molecule has 0 fully saturated rings. The van der Waals surface area contributed by atoms with Gasteiger partial charge in [-0.05, 0) is 89.9 Å². The smallest absolute Gasteiger partial charge is 0.472 e. The number of aliphatic carboxylic acids is 1. The number of carboxylic acids is 1. The molecule has 0 aromatic rings. The third-order valence-electron chi connectivity index (χ3n) is 8.05. The maximum absolute atomic E-state index is 12.6. The van der Waals surface area contributed by atoms with Crippen molar-refractivity contribution >= 4 is 19.8 Å². The van der Waals surface area contributed by atoms with Crippen molar-refractivity contribution < 1.29 is 42.7 Å². The molecule has 57 heavy (non-hydrogen) atoms. The maximum atomic E-state index is 12.6. The largest absolute Gasteiger partial charge is 0.480 e. The van der Waals surface area contributed by atoms with E-state index in [1.165, 1.54) is 0 Å². The summed E-state index contributed by atoms with van der Waals surface area (Å²) in [4.78, 5) is 33.5. The normalized spacial score (nSPS) is 15.0. The molecule has 3 atom stereocenters. The molecule has 3 unspecified atom stereocenters. The molecule has 0 aliphatic heterocycles. The zero-order chi connectivity index (χ0) is 41.9. The van der Waals surface area contributed by atoms with Crippen molar-refractivity contribution in [1.29, 1.82) is 0 Å². The highest BCUT2D eigenvalue weighted by Gasteiger charge is 2.27. The average molecular weight is 816 g/mol. The number of carboxylic acid groups (broad SMARTS) is 1. The molecule has 0 spiro atoms. The minimum atomic E-state index is -4.64. The minimum Gasteiger partial charge on any atom is -0.480 e. The van der Waals surface area contributed by atoms with Gasteiger partial charge in [-0.15, -0.1) is 0 Å². The zero-order valence-corrected chi connectivity index (χ0v) is 35.8. The summed E-state index contributed by atoms with van der Waals surface area (Å²) in [7, 11) is -4.64. The number of phosphoric acid groups is 1. The number of carbonyl (C=O) groups is 2. The lowest BCUT2D eigenvalue weighted by Gasteiger charge is -2.20. The molecule has 0 aromatic carbocycles. The van der Waals surface area contributed by atoms with Gasteiger partial charge in [0.15, 0.2) is 0 Å². The Labute approximate surface area is 344 Å². The molecular formula is C46H74NO9P. The third-order valence-corrected chi connectivity index (χ3v) is 9.00. The van der Waals surface area contributed by atoms with Crippen LogP contribution >= 0.6 is 7.82 Å². The van der Waals surface area contributed by atoms with Crippen LogP contribution in [0.25, 0.3) is 0 Å². The lowest BCUT2D eigenvalue weighted by molar-refractivity contribution is -0.154. The molecule has 0 radical (unpaired) electrons. The van der Waals surface area contributed by atoms with Gasteiger partial charge in [-0.2, -0.15) is 0 Å². The van der Waals surface area contributed by atoms with Crippen molar-refractivity contribution in [2.75, 3.05) is 26.4 Å². The standard InChI is InChI=1S/C46H74NO9P/c1-3-5-7-9-11-13-15-17-19-20-21-22-23-24-25-26-28-30-32-34-36-38-45(48)56-43(41-54-57(51,52)55-42-44(47)46(49)50)40-53-39-37-35-33-31-29-27-18-16-14-12-10-8-6-4-2/h5-8,11-14,17-19,21-22,24-25,27,31,33,43-44H,3-4,9-10,15-16,20,23,26,28-30,32,34-42,47H2,1-2H3,(H,49,50)(H,51,52)/b7-5-,8-6-,13-11-,14-12-,19-17-,22-21-,25-24-,27-18-,33-31-. The Kier molecular flexibility index (Phi) is 38.4. The summed E-state index contributed by atoms with van der Waals surface area (Å²) in [6.07, 6.45) is 54.4. The van der Waals surface area contributed by atoms with Crippen LogP contribution in [0, 0.1) is 0 Å². The number of esters is 1. The number of phosphoric ester groups is 1. The van der Waals surface area contributed by atoms with Crippen molar-refractivity contribution in [1.82, 2.24) is 0 Å². The topological polar surface area (TPSA) is 155 Å². The fraction of sp³-hybridized carbons (Fsp3) is 0.565. The first-order valence-corrected chi connectivity index (χ1v) is 22.4. The summed E-state index contributed by atoms with van der Waals surface area (Å²) in [6.45, 7) is 3.44. The van der Waals surface area contributed by atoms with Gasteiger partial charge in [0.25, 0.3) is 0 Å². The van der Waals surface area contributed by atoms with E-state index in [4.69, 9.17) is 29.4 Å². The minimum absolute atomic E-state index is 0.0373. The van der Waals surface area contributed by atoms with Crippen LogP contribution < -0.4 is 5.73 Å². The molecule has 0 heterocycles. The van der Waals surface area contributed by atoms with Gasteiger partial charge in [0.2, 0.25) is 0 Å². The molecule has 11 heteroatoms. The van der Waals surface area contributed by atoms with Crippen LogP contribution in [0.15, 0.2) is 109 Å². The van der Waals surface area contributed by atoms with E-state index in [1.54, 1.807) is 0 Å². The molecule has 0 amide bonds. The zero-order valence-electron chi connectivity index (χ0n) is 34.9. The molecule has 0 aliphatic rings. The molecule has 0 aliphatic carbocycles. The second-order valence-electron chi connectivity index (χ2n) is 13.3. The molecule has 10 nitrogen and oxygen atoms in total. The fourth-order valence-electron chi connectivity index (χ4n) is 4.87. The van der Waals surface area contributed by atoms with Gasteiger partial charge in [-0.1, -0.05) is 142 Å². The molecule has 0 saturated carbocycles. The molecule has 0 bridgehead atoms. The van der Waals surface area contributed by atoms with Gasteiger partial charge in [0.05, 0.1) is 19.8 Å². The van der Waals surface area contributed by atoms with Crippen LogP contribution in [0.4, 0.5) is 0 Å². The molecule has 0 rings (SSSR count). The van der Waals surface area contributed by atoms with Crippen molar-refractivity contribution in [3.63, 3.8) is 0 Å². The van der Waals surface area contributed by atoms with E-state index in [0.29, 0.717) is 13.0 Å². The lowest BCUT2D eigenvalue weighted by atomic mass is 10.1. The van der Waals surface area contributed by atoms with E-state index in [0.717, 1.165) is 103 Å². The van der Waals surface area contributed by atoms with E-state index in [-0.39, 0.29) is 13.0 Å². The van der Waals surface area contributed by atoms with Crippen LogP contribution in [-0.2, 0) is 32.7 Å². The second kappa shape index (κ2) is 40.8. The Hall–Kier alpha value is -3.37. The second-order valence-corrected chi connectivity index (χ2v) is 14.8. The predicted octanol–water partition coefficient (Wildman–Crippen LogP) is 11.5. The first kappa shape index (κ1) is 53.6. The van der Waals surface area contributed by atoms with Crippen LogP contribution in [0.2, 0.25) is 0 Å². The van der Waals surface area contributed by atoms with E-state index in [1.807, 2.05) is 0 Å². The first-order valence-electron chi connectivity index (χ1n) is 20.9. The Morgan fingerprint density at radius 1 is 0.561 bits per heavy atom. The third kappa shape index (κ3) is 40.6. The summed E-state index contributed by atoms with van der Waals surface area (Å²) in [5.41, 5.74) is 5.34. The van der Waals surface area contributed by atoms with Crippen molar-refractivity contribution in [2.24, 2.45) is 5.73 Å². The van der Waals surface area contributed by atoms with E-state index >= 15 is 0 Å². The van der Waals surface area contributed by atoms with Crippen LogP contribution in [0.5, 0.6) is 0 Å². The number of unbranched alkanes of at least 4 members (excludes halogenated alkanes) is 6. The molecule has 0 aromatic heterocycles. The van der Waals surface area contributed by atoms with Crippen LogP contribution in [0.3, 0.4) is 0 Å². The van der Waals surface area contributed by atoms with Crippen molar-refractivity contribution in [3.05, 3.63) is 109 Å². The number of nitrogens with two attached hydrogens (primary N) is 1. The van der Waals surface area contributed by atoms with Crippen molar-refractivity contribution in [3.8, 4) is 0 Å². The van der Waals surface area contributed by atoms with Gasteiger partial charge in [-0.3, -0.25) is 18.6 Å². The lowest BCUT2D eigenvalue weighted by Crippen LogP contribution is -2.34. The maximum Gasteiger partial charge on any atom is 0.472 e. The first-order chi connectivity index (χ1) is 27.7. The summed E-state index contributed by atoms with van der Waals surface area (Å²) in [5, 5.41) is 8.89. The Bertz CT molecular complexity index is 1310. The molecular weight excluding hydrogens is 741 g/mol.